The molecule has 0 saturated heterocycles. The number of rotatable bonds is 10. The Kier molecular flexibility index (Phi) is 9.00. The quantitative estimate of drug-likeness (QED) is 0.356. The Morgan fingerprint density at radius 2 is 1.50 bits per heavy atom. The number of carbonyl (C=O) groups is 4. The number of esters is 2. The van der Waals surface area contributed by atoms with Gasteiger partial charge in [-0.15, -0.1) is 0 Å². The molecule has 0 unspecified atom stereocenters. The number of ether oxygens (including phenoxy) is 4. The lowest BCUT2D eigenvalue weighted by Crippen LogP contribution is -2.49. The fourth-order valence-corrected chi connectivity index (χ4v) is 4.44. The Bertz CT molecular complexity index is 1390. The van der Waals surface area contributed by atoms with E-state index in [1.54, 1.807) is 61.7 Å². The molecule has 0 aliphatic carbocycles. The van der Waals surface area contributed by atoms with E-state index in [-0.39, 0.29) is 26.1 Å². The number of hydrogen-bond acceptors (Lipinski definition) is 8. The number of amides is 2. The average Bonchev–Trinajstić information content (AvgIpc) is 3.06. The molecule has 0 aromatic heterocycles. The standard InChI is InChI=1S/C30H30N2O8/c1-37-23-8-6-7-21(15-23)18-31-25-10-5-4-9-24(25)29(35)32(26(30(31)36)16-27(33)38-2)17-20-11-13-22(14-12-20)40-19-28(34)39-3/h4-15,26H,16-19H2,1-3H3/t26-/m0/s1. The number of anilines is 1. The largest absolute Gasteiger partial charge is 0.497 e. The second kappa shape index (κ2) is 12.8. The first-order chi connectivity index (χ1) is 19.3. The van der Waals surface area contributed by atoms with Gasteiger partial charge >= 0.3 is 11.9 Å². The predicted molar refractivity (Wildman–Crippen MR) is 145 cm³/mol. The van der Waals surface area contributed by atoms with Gasteiger partial charge in [0, 0.05) is 6.54 Å². The zero-order valence-corrected chi connectivity index (χ0v) is 22.5. The van der Waals surface area contributed by atoms with Crippen molar-refractivity contribution in [2.24, 2.45) is 0 Å². The van der Waals surface area contributed by atoms with Crippen molar-refractivity contribution in [1.82, 2.24) is 4.90 Å². The van der Waals surface area contributed by atoms with Crippen LogP contribution in [0.25, 0.3) is 0 Å². The van der Waals surface area contributed by atoms with Gasteiger partial charge in [0.05, 0.1) is 45.5 Å². The number of benzene rings is 3. The van der Waals surface area contributed by atoms with Gasteiger partial charge in [-0.25, -0.2) is 4.79 Å². The van der Waals surface area contributed by atoms with E-state index in [4.69, 9.17) is 14.2 Å². The van der Waals surface area contributed by atoms with Gasteiger partial charge in [-0.05, 0) is 47.5 Å². The monoisotopic (exact) mass is 546 g/mol. The highest BCUT2D eigenvalue weighted by Gasteiger charge is 2.40. The van der Waals surface area contributed by atoms with Crippen LogP contribution < -0.4 is 14.4 Å². The smallest absolute Gasteiger partial charge is 0.343 e. The fourth-order valence-electron chi connectivity index (χ4n) is 4.44. The van der Waals surface area contributed by atoms with Crippen LogP contribution in [0.4, 0.5) is 5.69 Å². The van der Waals surface area contributed by atoms with Crippen molar-refractivity contribution in [2.75, 3.05) is 32.8 Å². The molecule has 1 heterocycles. The highest BCUT2D eigenvalue weighted by Crippen LogP contribution is 2.32. The Hall–Kier alpha value is -4.86. The molecule has 1 atom stereocenters. The molecule has 3 aromatic rings. The van der Waals surface area contributed by atoms with Crippen LogP contribution >= 0.6 is 0 Å². The lowest BCUT2D eigenvalue weighted by atomic mass is 10.1. The number of para-hydroxylation sites is 1. The maximum absolute atomic E-state index is 14.1. The van der Waals surface area contributed by atoms with Gasteiger partial charge in [0.15, 0.2) is 6.61 Å². The molecule has 0 fully saturated rings. The minimum atomic E-state index is -1.12. The van der Waals surface area contributed by atoms with Crippen LogP contribution in [0.5, 0.6) is 11.5 Å². The van der Waals surface area contributed by atoms with E-state index in [2.05, 4.69) is 4.74 Å². The molecule has 208 valence electrons. The third-order valence-electron chi connectivity index (χ3n) is 6.54. The first-order valence-electron chi connectivity index (χ1n) is 12.5. The van der Waals surface area contributed by atoms with E-state index in [0.29, 0.717) is 28.3 Å². The summed E-state index contributed by atoms with van der Waals surface area (Å²) >= 11 is 0. The van der Waals surface area contributed by atoms with E-state index in [0.717, 1.165) is 5.56 Å². The summed E-state index contributed by atoms with van der Waals surface area (Å²) in [5.41, 5.74) is 2.27. The minimum absolute atomic E-state index is 0.0465. The van der Waals surface area contributed by atoms with Crippen LogP contribution in [0.3, 0.4) is 0 Å². The Morgan fingerprint density at radius 1 is 0.775 bits per heavy atom. The van der Waals surface area contributed by atoms with Crippen molar-refractivity contribution in [1.29, 1.82) is 0 Å². The molecule has 0 spiro atoms. The van der Waals surface area contributed by atoms with Crippen molar-refractivity contribution < 1.29 is 38.1 Å². The minimum Gasteiger partial charge on any atom is -0.497 e. The highest BCUT2D eigenvalue weighted by atomic mass is 16.6. The first-order valence-corrected chi connectivity index (χ1v) is 12.5. The molecule has 0 saturated carbocycles. The summed E-state index contributed by atoms with van der Waals surface area (Å²) in [5, 5.41) is 0. The molecule has 10 heteroatoms. The van der Waals surface area contributed by atoms with Crippen molar-refractivity contribution in [3.63, 3.8) is 0 Å². The van der Waals surface area contributed by atoms with Crippen LogP contribution in [0.1, 0.15) is 27.9 Å². The van der Waals surface area contributed by atoms with Crippen LogP contribution in [-0.2, 0) is 36.9 Å². The third kappa shape index (κ3) is 6.40. The summed E-state index contributed by atoms with van der Waals surface area (Å²) in [6.07, 6.45) is -0.315. The summed E-state index contributed by atoms with van der Waals surface area (Å²) < 4.78 is 20.2. The lowest BCUT2D eigenvalue weighted by Gasteiger charge is -2.30. The number of nitrogens with zero attached hydrogens (tertiary/aromatic N) is 2. The van der Waals surface area contributed by atoms with Gasteiger partial charge in [-0.3, -0.25) is 14.4 Å². The maximum atomic E-state index is 14.1. The van der Waals surface area contributed by atoms with Crippen LogP contribution in [-0.4, -0.2) is 62.6 Å². The lowest BCUT2D eigenvalue weighted by molar-refractivity contribution is -0.144. The number of hydrogen-bond donors (Lipinski definition) is 0. The Balaban J connectivity index is 1.69. The first kappa shape index (κ1) is 28.2. The second-order valence-electron chi connectivity index (χ2n) is 9.03. The maximum Gasteiger partial charge on any atom is 0.343 e. The van der Waals surface area contributed by atoms with E-state index < -0.39 is 29.8 Å². The Labute approximate surface area is 232 Å². The highest BCUT2D eigenvalue weighted by molar-refractivity contribution is 6.11. The molecular weight excluding hydrogens is 516 g/mol. The topological polar surface area (TPSA) is 112 Å². The second-order valence-corrected chi connectivity index (χ2v) is 9.03. The van der Waals surface area contributed by atoms with Crippen molar-refractivity contribution in [3.8, 4) is 11.5 Å². The van der Waals surface area contributed by atoms with Gasteiger partial charge in [-0.2, -0.15) is 0 Å². The van der Waals surface area contributed by atoms with Gasteiger partial charge in [-0.1, -0.05) is 36.4 Å². The Morgan fingerprint density at radius 3 is 2.20 bits per heavy atom. The molecule has 0 N–H and O–H groups in total. The summed E-state index contributed by atoms with van der Waals surface area (Å²) in [5.74, 6) is -0.860. The molecule has 0 radical (unpaired) electrons. The van der Waals surface area contributed by atoms with E-state index in [1.165, 1.54) is 24.0 Å². The van der Waals surface area contributed by atoms with E-state index in [9.17, 15) is 19.2 Å². The molecule has 1 aliphatic heterocycles. The molecule has 2 amide bonds. The molecular formula is C30H30N2O8. The van der Waals surface area contributed by atoms with E-state index >= 15 is 0 Å². The van der Waals surface area contributed by atoms with Gasteiger partial charge in [0.25, 0.3) is 11.8 Å². The molecule has 10 nitrogen and oxygen atoms in total. The molecule has 0 bridgehead atoms. The van der Waals surface area contributed by atoms with Crippen LogP contribution in [0, 0.1) is 0 Å². The third-order valence-corrected chi connectivity index (χ3v) is 6.54. The zero-order valence-electron chi connectivity index (χ0n) is 22.5. The number of methoxy groups -OCH3 is 3. The summed E-state index contributed by atoms with van der Waals surface area (Å²) in [6.45, 7) is -0.0288. The molecule has 40 heavy (non-hydrogen) atoms. The number of fused-ring (bicyclic) bond motifs is 1. The van der Waals surface area contributed by atoms with E-state index in [1.807, 2.05) is 18.2 Å². The van der Waals surface area contributed by atoms with Gasteiger partial charge < -0.3 is 28.7 Å². The van der Waals surface area contributed by atoms with Crippen LogP contribution in [0.15, 0.2) is 72.8 Å². The fraction of sp³-hybridized carbons (Fsp3) is 0.267. The normalized spacial score (nSPS) is 14.7. The zero-order chi connectivity index (χ0) is 28.6. The van der Waals surface area contributed by atoms with Crippen molar-refractivity contribution >= 4 is 29.4 Å². The molecule has 3 aromatic carbocycles. The summed E-state index contributed by atoms with van der Waals surface area (Å²) in [6, 6.07) is 19.8. The van der Waals surface area contributed by atoms with Crippen molar-refractivity contribution in [3.05, 3.63) is 89.5 Å². The molecule has 4 rings (SSSR count). The number of carbonyl (C=O) groups excluding carboxylic acids is 4. The van der Waals surface area contributed by atoms with Crippen LogP contribution in [0.2, 0.25) is 0 Å². The predicted octanol–water partition coefficient (Wildman–Crippen LogP) is 3.37. The summed E-state index contributed by atoms with van der Waals surface area (Å²) in [4.78, 5) is 54.8. The molecule has 1 aliphatic rings. The van der Waals surface area contributed by atoms with Gasteiger partial charge in [0.2, 0.25) is 0 Å². The summed E-state index contributed by atoms with van der Waals surface area (Å²) in [7, 11) is 4.08. The van der Waals surface area contributed by atoms with Crippen molar-refractivity contribution in [2.45, 2.75) is 25.6 Å². The SMILES string of the molecule is COC(=O)COc1ccc(CN2C(=O)c3ccccc3N(Cc3cccc(OC)c3)C(=O)[C@@H]2CC(=O)OC)cc1. The average molecular weight is 547 g/mol. The van der Waals surface area contributed by atoms with Gasteiger partial charge in [0.1, 0.15) is 17.5 Å².